The van der Waals surface area contributed by atoms with Gasteiger partial charge in [-0.1, -0.05) is 24.2 Å². The Morgan fingerprint density at radius 3 is 2.62 bits per heavy atom. The van der Waals surface area contributed by atoms with Crippen LogP contribution in [0, 0.1) is 0 Å². The number of aromatic nitrogens is 1. The van der Waals surface area contributed by atoms with Crippen LogP contribution in [0.25, 0.3) is 0 Å². The average molecular weight is 311 g/mol. The highest BCUT2D eigenvalue weighted by Crippen LogP contribution is 2.26. The van der Waals surface area contributed by atoms with Crippen molar-refractivity contribution in [3.63, 3.8) is 0 Å². The summed E-state index contributed by atoms with van der Waals surface area (Å²) in [6.07, 6.45) is 5.20. The first kappa shape index (κ1) is 16.0. The molecule has 0 radical (unpaired) electrons. The van der Waals surface area contributed by atoms with Crippen LogP contribution in [0.1, 0.15) is 35.4 Å². The molecule has 0 aromatic carbocycles. The molecule has 1 amide bonds. The lowest BCUT2D eigenvalue weighted by molar-refractivity contribution is 0.0952. The summed E-state index contributed by atoms with van der Waals surface area (Å²) in [5.41, 5.74) is 5.81. The smallest absolute Gasteiger partial charge is 0.265 e. The fraction of sp³-hybridized carbons (Fsp3) is 0.714. The van der Waals surface area contributed by atoms with E-state index in [2.05, 4.69) is 22.2 Å². The normalized spacial score (nSPS) is 15.6. The van der Waals surface area contributed by atoms with Crippen molar-refractivity contribution in [1.82, 2.24) is 15.2 Å². The number of likely N-dealkylation sites (N-methyl/N-ethyl adjacent to an activating group) is 1. The molecular weight excluding hydrogens is 286 g/mol. The molecule has 1 aliphatic carbocycles. The van der Waals surface area contributed by atoms with E-state index in [1.807, 2.05) is 19.0 Å². The van der Waals surface area contributed by atoms with Gasteiger partial charge in [0.25, 0.3) is 5.91 Å². The van der Waals surface area contributed by atoms with Crippen molar-refractivity contribution in [1.29, 1.82) is 0 Å². The number of carbonyl (C=O) groups excluding carboxylic acids is 1. The Hall–Kier alpha value is -1.34. The van der Waals surface area contributed by atoms with Gasteiger partial charge < -0.3 is 20.9 Å². The molecule has 0 bridgehead atoms. The molecule has 1 aliphatic rings. The van der Waals surface area contributed by atoms with Gasteiger partial charge in [0.05, 0.1) is 0 Å². The molecule has 0 aliphatic heterocycles. The zero-order valence-corrected chi connectivity index (χ0v) is 13.9. The van der Waals surface area contributed by atoms with E-state index in [4.69, 9.17) is 5.73 Å². The number of thiazole rings is 1. The largest absolute Gasteiger partial charge is 0.382 e. The van der Waals surface area contributed by atoms with E-state index in [9.17, 15) is 4.79 Å². The van der Waals surface area contributed by atoms with E-state index in [0.29, 0.717) is 23.3 Å². The summed E-state index contributed by atoms with van der Waals surface area (Å²) in [5.74, 6) is 0.184. The minimum Gasteiger partial charge on any atom is -0.382 e. The summed E-state index contributed by atoms with van der Waals surface area (Å²) in [6, 6.07) is 0.677. The van der Waals surface area contributed by atoms with Crippen molar-refractivity contribution in [2.45, 2.75) is 31.7 Å². The number of rotatable bonds is 6. The monoisotopic (exact) mass is 311 g/mol. The number of hydrogen-bond acceptors (Lipinski definition) is 6. The second kappa shape index (κ2) is 7.09. The number of nitrogens with one attached hydrogen (secondary N) is 1. The summed E-state index contributed by atoms with van der Waals surface area (Å²) in [4.78, 5) is 21.0. The summed E-state index contributed by atoms with van der Waals surface area (Å²) < 4.78 is 0. The topological polar surface area (TPSA) is 74.5 Å². The summed E-state index contributed by atoms with van der Waals surface area (Å²) in [5, 5.41) is 3.69. The second-order valence-electron chi connectivity index (χ2n) is 5.78. The first-order chi connectivity index (χ1) is 9.99. The average Bonchev–Trinajstić information content (AvgIpc) is 3.07. The van der Waals surface area contributed by atoms with Gasteiger partial charge in [-0.2, -0.15) is 0 Å². The first-order valence-electron chi connectivity index (χ1n) is 7.41. The molecule has 1 aromatic rings. The lowest BCUT2D eigenvalue weighted by Gasteiger charge is -2.23. The van der Waals surface area contributed by atoms with Crippen LogP contribution in [0.3, 0.4) is 0 Å². The predicted molar refractivity (Wildman–Crippen MR) is 88.1 cm³/mol. The molecule has 21 heavy (non-hydrogen) atoms. The van der Waals surface area contributed by atoms with Gasteiger partial charge in [0.15, 0.2) is 5.13 Å². The van der Waals surface area contributed by atoms with E-state index in [1.54, 1.807) is 0 Å². The molecule has 118 valence electrons. The molecular formula is C14H25N5OS. The Labute approximate surface area is 130 Å². The molecule has 1 aromatic heterocycles. The van der Waals surface area contributed by atoms with E-state index in [0.717, 1.165) is 11.7 Å². The van der Waals surface area contributed by atoms with E-state index in [1.165, 1.54) is 37.0 Å². The summed E-state index contributed by atoms with van der Waals surface area (Å²) >= 11 is 1.32. The maximum Gasteiger partial charge on any atom is 0.265 e. The zero-order chi connectivity index (χ0) is 15.4. The molecule has 0 spiro atoms. The molecule has 7 heteroatoms. The lowest BCUT2D eigenvalue weighted by atomic mass is 10.2. The Morgan fingerprint density at radius 1 is 1.38 bits per heavy atom. The third-order valence-corrected chi connectivity index (χ3v) is 5.17. The van der Waals surface area contributed by atoms with Gasteiger partial charge in [-0.15, -0.1) is 0 Å². The van der Waals surface area contributed by atoms with Crippen molar-refractivity contribution < 1.29 is 4.79 Å². The van der Waals surface area contributed by atoms with E-state index >= 15 is 0 Å². The Bertz CT molecular complexity index is 482. The van der Waals surface area contributed by atoms with Gasteiger partial charge in [-0.3, -0.25) is 4.79 Å². The van der Waals surface area contributed by atoms with Gasteiger partial charge in [0.2, 0.25) is 0 Å². The fourth-order valence-electron chi connectivity index (χ4n) is 2.63. The Balaban J connectivity index is 1.81. The maximum atomic E-state index is 12.1. The number of nitrogens with zero attached hydrogens (tertiary/aromatic N) is 3. The van der Waals surface area contributed by atoms with E-state index in [-0.39, 0.29) is 5.91 Å². The van der Waals surface area contributed by atoms with Crippen molar-refractivity contribution in [3.8, 4) is 0 Å². The predicted octanol–water partition coefficient (Wildman–Crippen LogP) is 1.40. The Kier molecular flexibility index (Phi) is 5.41. The quantitative estimate of drug-likeness (QED) is 0.830. The fourth-order valence-corrected chi connectivity index (χ4v) is 3.45. The van der Waals surface area contributed by atoms with Crippen LogP contribution < -0.4 is 16.0 Å². The molecule has 1 saturated carbocycles. The molecule has 0 atom stereocenters. The number of carbonyl (C=O) groups is 1. The van der Waals surface area contributed by atoms with Crippen molar-refractivity contribution in [2.24, 2.45) is 0 Å². The van der Waals surface area contributed by atoms with Crippen LogP contribution in [0.5, 0.6) is 0 Å². The third kappa shape index (κ3) is 4.07. The molecule has 1 fully saturated rings. The molecule has 0 saturated heterocycles. The van der Waals surface area contributed by atoms with Crippen LogP contribution in [-0.2, 0) is 0 Å². The summed E-state index contributed by atoms with van der Waals surface area (Å²) in [7, 11) is 5.90. The molecule has 0 unspecified atom stereocenters. The van der Waals surface area contributed by atoms with Gasteiger partial charge in [0, 0.05) is 33.2 Å². The number of nitrogen functional groups attached to an aromatic ring is 1. The first-order valence-corrected chi connectivity index (χ1v) is 8.22. The number of nitrogens with two attached hydrogens (primary N) is 1. The van der Waals surface area contributed by atoms with Crippen LogP contribution in [-0.4, -0.2) is 56.1 Å². The van der Waals surface area contributed by atoms with Gasteiger partial charge in [-0.25, -0.2) is 4.98 Å². The van der Waals surface area contributed by atoms with Crippen molar-refractivity contribution in [2.75, 3.05) is 44.9 Å². The summed E-state index contributed by atoms with van der Waals surface area (Å²) in [6.45, 7) is 1.51. The third-order valence-electron chi connectivity index (χ3n) is 3.93. The minimum atomic E-state index is -0.127. The van der Waals surface area contributed by atoms with Crippen LogP contribution in [0.15, 0.2) is 0 Å². The molecule has 3 N–H and O–H groups in total. The highest BCUT2D eigenvalue weighted by Gasteiger charge is 2.20. The van der Waals surface area contributed by atoms with Gasteiger partial charge >= 0.3 is 0 Å². The molecule has 6 nitrogen and oxygen atoms in total. The maximum absolute atomic E-state index is 12.1. The second-order valence-corrected chi connectivity index (χ2v) is 6.76. The highest BCUT2D eigenvalue weighted by molar-refractivity contribution is 7.18. The lowest BCUT2D eigenvalue weighted by Crippen LogP contribution is -2.37. The zero-order valence-electron chi connectivity index (χ0n) is 13.1. The van der Waals surface area contributed by atoms with Crippen LogP contribution >= 0.6 is 11.3 Å². The molecule has 1 heterocycles. The van der Waals surface area contributed by atoms with Crippen molar-refractivity contribution in [3.05, 3.63) is 4.88 Å². The standard InChI is InChI=1S/C14H25N5OS/c1-18(2)14-17-12(15)11(21-14)13(20)16-8-9-19(3)10-6-4-5-7-10/h10H,4-9,15H2,1-3H3,(H,16,20). The minimum absolute atomic E-state index is 0.127. The van der Waals surface area contributed by atoms with Crippen LogP contribution in [0.2, 0.25) is 0 Å². The molecule has 2 rings (SSSR count). The number of amides is 1. The highest BCUT2D eigenvalue weighted by atomic mass is 32.1. The van der Waals surface area contributed by atoms with Crippen molar-refractivity contribution >= 4 is 28.2 Å². The van der Waals surface area contributed by atoms with E-state index < -0.39 is 0 Å². The SMILES string of the molecule is CN(C)c1nc(N)c(C(=O)NCCN(C)C2CCCC2)s1. The number of hydrogen-bond donors (Lipinski definition) is 2. The van der Waals surface area contributed by atoms with Gasteiger partial charge in [-0.05, 0) is 19.9 Å². The number of anilines is 2. The van der Waals surface area contributed by atoms with Crippen LogP contribution in [0.4, 0.5) is 10.9 Å². The Morgan fingerprint density at radius 2 is 2.05 bits per heavy atom. The van der Waals surface area contributed by atoms with Gasteiger partial charge in [0.1, 0.15) is 10.7 Å².